The Balaban J connectivity index is 2.31. The van der Waals surface area contributed by atoms with Crippen molar-refractivity contribution in [2.75, 3.05) is 12.4 Å². The van der Waals surface area contributed by atoms with Crippen molar-refractivity contribution in [3.05, 3.63) is 57.6 Å². The molecule has 0 spiro atoms. The fraction of sp³-hybridized carbons (Fsp3) is 0.238. The van der Waals surface area contributed by atoms with Crippen molar-refractivity contribution in [2.24, 2.45) is 0 Å². The number of carbonyl (C=O) groups excluding carboxylic acids is 1. The van der Waals surface area contributed by atoms with Gasteiger partial charge < -0.3 is 14.8 Å². The number of nitriles is 1. The van der Waals surface area contributed by atoms with E-state index in [9.17, 15) is 10.1 Å². The van der Waals surface area contributed by atoms with Crippen LogP contribution >= 0.6 is 15.9 Å². The number of methoxy groups -OCH3 is 1. The van der Waals surface area contributed by atoms with Gasteiger partial charge in [-0.15, -0.1) is 0 Å². The largest absolute Gasteiger partial charge is 0.493 e. The Kier molecular flexibility index (Phi) is 7.03. The predicted molar refractivity (Wildman–Crippen MR) is 110 cm³/mol. The average Bonchev–Trinajstić information content (AvgIpc) is 2.63. The number of benzene rings is 2. The number of aryl methyl sites for hydroxylation is 1. The van der Waals surface area contributed by atoms with Crippen molar-refractivity contribution in [1.82, 2.24) is 0 Å². The van der Waals surface area contributed by atoms with Gasteiger partial charge in [0.2, 0.25) is 0 Å². The van der Waals surface area contributed by atoms with E-state index in [1.165, 1.54) is 13.2 Å². The van der Waals surface area contributed by atoms with Crippen LogP contribution in [0.3, 0.4) is 0 Å². The lowest BCUT2D eigenvalue weighted by Crippen LogP contribution is -2.13. The first-order valence-electron chi connectivity index (χ1n) is 8.38. The van der Waals surface area contributed by atoms with Crippen molar-refractivity contribution < 1.29 is 14.3 Å². The molecule has 0 aliphatic carbocycles. The third-order valence-electron chi connectivity index (χ3n) is 3.59. The van der Waals surface area contributed by atoms with Crippen molar-refractivity contribution in [3.8, 4) is 17.6 Å². The molecule has 0 aromatic heterocycles. The Morgan fingerprint density at radius 1 is 1.26 bits per heavy atom. The van der Waals surface area contributed by atoms with Crippen molar-refractivity contribution in [2.45, 2.75) is 26.9 Å². The summed E-state index contributed by atoms with van der Waals surface area (Å²) in [5.41, 5.74) is 2.35. The highest BCUT2D eigenvalue weighted by molar-refractivity contribution is 9.10. The summed E-state index contributed by atoms with van der Waals surface area (Å²) >= 11 is 3.46. The van der Waals surface area contributed by atoms with Crippen LogP contribution in [0.2, 0.25) is 0 Å². The molecule has 0 radical (unpaired) electrons. The lowest BCUT2D eigenvalue weighted by molar-refractivity contribution is -0.112. The van der Waals surface area contributed by atoms with Crippen molar-refractivity contribution in [1.29, 1.82) is 5.26 Å². The van der Waals surface area contributed by atoms with E-state index in [1.807, 2.05) is 39.0 Å². The van der Waals surface area contributed by atoms with Crippen LogP contribution < -0.4 is 14.8 Å². The van der Waals surface area contributed by atoms with E-state index in [0.29, 0.717) is 27.2 Å². The van der Waals surface area contributed by atoms with E-state index < -0.39 is 5.91 Å². The number of halogens is 1. The molecule has 0 fully saturated rings. The number of hydrogen-bond acceptors (Lipinski definition) is 4. The van der Waals surface area contributed by atoms with Crippen LogP contribution in [-0.2, 0) is 4.79 Å². The molecule has 6 heteroatoms. The van der Waals surface area contributed by atoms with Crippen LogP contribution in [0.15, 0.2) is 46.4 Å². The summed E-state index contributed by atoms with van der Waals surface area (Å²) in [5.74, 6) is 0.617. The van der Waals surface area contributed by atoms with Gasteiger partial charge in [0.15, 0.2) is 11.5 Å². The molecule has 2 aromatic rings. The van der Waals surface area contributed by atoms with Gasteiger partial charge in [-0.2, -0.15) is 5.26 Å². The smallest absolute Gasteiger partial charge is 0.266 e. The zero-order valence-electron chi connectivity index (χ0n) is 15.7. The van der Waals surface area contributed by atoms with Crippen LogP contribution in [0.25, 0.3) is 6.08 Å². The van der Waals surface area contributed by atoms with Gasteiger partial charge >= 0.3 is 0 Å². The number of ether oxygens (including phenoxy) is 2. The highest BCUT2D eigenvalue weighted by Crippen LogP contribution is 2.37. The van der Waals surface area contributed by atoms with E-state index >= 15 is 0 Å². The maximum Gasteiger partial charge on any atom is 0.266 e. The lowest BCUT2D eigenvalue weighted by Gasteiger charge is -2.16. The first-order valence-corrected chi connectivity index (χ1v) is 9.17. The molecule has 0 heterocycles. The lowest BCUT2D eigenvalue weighted by atomic mass is 10.1. The topological polar surface area (TPSA) is 71.3 Å². The second kappa shape index (κ2) is 9.24. The van der Waals surface area contributed by atoms with E-state index in [0.717, 1.165) is 5.56 Å². The molecule has 0 aliphatic heterocycles. The van der Waals surface area contributed by atoms with Gasteiger partial charge in [-0.3, -0.25) is 4.79 Å². The Hall–Kier alpha value is -2.78. The van der Waals surface area contributed by atoms with Crippen LogP contribution in [-0.4, -0.2) is 19.1 Å². The number of carbonyl (C=O) groups is 1. The summed E-state index contributed by atoms with van der Waals surface area (Å²) in [6, 6.07) is 12.8. The second-order valence-electron chi connectivity index (χ2n) is 6.19. The highest BCUT2D eigenvalue weighted by Gasteiger charge is 2.15. The molecule has 0 bridgehead atoms. The molecular weight excluding hydrogens is 408 g/mol. The SMILES string of the molecule is COc1cc(/C=C(\C#N)C(=O)Nc2ccc(C)cc2)cc(Br)c1OC(C)C. The first-order chi connectivity index (χ1) is 12.8. The summed E-state index contributed by atoms with van der Waals surface area (Å²) in [4.78, 5) is 12.4. The maximum absolute atomic E-state index is 12.4. The molecule has 2 aromatic carbocycles. The van der Waals surface area contributed by atoms with Gasteiger partial charge in [-0.1, -0.05) is 17.7 Å². The molecular formula is C21H21BrN2O3. The van der Waals surface area contributed by atoms with Gasteiger partial charge in [-0.05, 0) is 72.6 Å². The Morgan fingerprint density at radius 2 is 1.93 bits per heavy atom. The molecule has 0 aliphatic rings. The number of nitrogens with one attached hydrogen (secondary N) is 1. The minimum atomic E-state index is -0.473. The van der Waals surface area contributed by atoms with Crippen LogP contribution in [0.4, 0.5) is 5.69 Å². The van der Waals surface area contributed by atoms with E-state index in [1.54, 1.807) is 24.3 Å². The standard InChI is InChI=1S/C21H21BrN2O3/c1-13(2)27-20-18(22)10-15(11-19(20)26-4)9-16(12-23)21(25)24-17-7-5-14(3)6-8-17/h5-11,13H,1-4H3,(H,24,25)/b16-9+. The Labute approximate surface area is 167 Å². The molecule has 5 nitrogen and oxygen atoms in total. The molecule has 0 saturated carbocycles. The molecule has 2 rings (SSSR count). The summed E-state index contributed by atoms with van der Waals surface area (Å²) in [7, 11) is 1.54. The van der Waals surface area contributed by atoms with Gasteiger partial charge in [0.25, 0.3) is 5.91 Å². The molecule has 1 amide bonds. The van der Waals surface area contributed by atoms with E-state index in [-0.39, 0.29) is 11.7 Å². The van der Waals surface area contributed by atoms with Gasteiger partial charge in [-0.25, -0.2) is 0 Å². The van der Waals surface area contributed by atoms with Gasteiger partial charge in [0, 0.05) is 5.69 Å². The third-order valence-corrected chi connectivity index (χ3v) is 4.18. The monoisotopic (exact) mass is 428 g/mol. The molecule has 27 heavy (non-hydrogen) atoms. The number of anilines is 1. The quantitative estimate of drug-likeness (QED) is 0.513. The summed E-state index contributed by atoms with van der Waals surface area (Å²) < 4.78 is 11.8. The zero-order chi connectivity index (χ0) is 20.0. The number of amides is 1. The predicted octanol–water partition coefficient (Wildman–Crippen LogP) is 5.10. The summed E-state index contributed by atoms with van der Waals surface area (Å²) in [5, 5.41) is 12.1. The van der Waals surface area contributed by atoms with Crippen molar-refractivity contribution in [3.63, 3.8) is 0 Å². The molecule has 0 unspecified atom stereocenters. The molecule has 1 N–H and O–H groups in total. The Morgan fingerprint density at radius 3 is 2.48 bits per heavy atom. The van der Waals surface area contributed by atoms with E-state index in [4.69, 9.17) is 9.47 Å². The maximum atomic E-state index is 12.4. The minimum absolute atomic E-state index is 0.0120. The van der Waals surface area contributed by atoms with Crippen LogP contribution in [0, 0.1) is 18.3 Å². The van der Waals surface area contributed by atoms with Crippen LogP contribution in [0.1, 0.15) is 25.0 Å². The van der Waals surface area contributed by atoms with Crippen molar-refractivity contribution >= 4 is 33.6 Å². The normalized spacial score (nSPS) is 11.1. The van der Waals surface area contributed by atoms with Gasteiger partial charge in [0.1, 0.15) is 11.6 Å². The summed E-state index contributed by atoms with van der Waals surface area (Å²) in [6.07, 6.45) is 1.49. The molecule has 0 saturated heterocycles. The average molecular weight is 429 g/mol. The van der Waals surface area contributed by atoms with Gasteiger partial charge in [0.05, 0.1) is 17.7 Å². The Bertz CT molecular complexity index is 897. The summed E-state index contributed by atoms with van der Waals surface area (Å²) in [6.45, 7) is 5.80. The molecule has 0 atom stereocenters. The second-order valence-corrected chi connectivity index (χ2v) is 7.05. The number of rotatable bonds is 6. The fourth-order valence-corrected chi connectivity index (χ4v) is 2.88. The molecule has 140 valence electrons. The minimum Gasteiger partial charge on any atom is -0.493 e. The number of nitrogens with zero attached hydrogens (tertiary/aromatic N) is 1. The fourth-order valence-electron chi connectivity index (χ4n) is 2.32. The third kappa shape index (κ3) is 5.60. The van der Waals surface area contributed by atoms with E-state index in [2.05, 4.69) is 21.2 Å². The number of hydrogen-bond donors (Lipinski definition) is 1. The highest BCUT2D eigenvalue weighted by atomic mass is 79.9. The first kappa shape index (κ1) is 20.5. The van der Waals surface area contributed by atoms with Crippen LogP contribution in [0.5, 0.6) is 11.5 Å². The zero-order valence-corrected chi connectivity index (χ0v) is 17.3.